The zero-order valence-electron chi connectivity index (χ0n) is 15.8. The first kappa shape index (κ1) is 18.4. The van der Waals surface area contributed by atoms with Crippen LogP contribution in [-0.2, 0) is 16.1 Å². The molecule has 2 aliphatic rings. The van der Waals surface area contributed by atoms with Crippen molar-refractivity contribution in [1.29, 1.82) is 0 Å². The summed E-state index contributed by atoms with van der Waals surface area (Å²) >= 11 is 0. The molecule has 6 nitrogen and oxygen atoms in total. The highest BCUT2D eigenvalue weighted by molar-refractivity contribution is 6.02. The number of carbonyl (C=O) groups excluding carboxylic acids is 3. The third-order valence-electron chi connectivity index (χ3n) is 5.30. The summed E-state index contributed by atoms with van der Waals surface area (Å²) in [5.74, 6) is 0.694. The van der Waals surface area contributed by atoms with Crippen LogP contribution in [0.15, 0.2) is 12.1 Å². The Morgan fingerprint density at radius 3 is 2.85 bits per heavy atom. The van der Waals surface area contributed by atoms with Crippen molar-refractivity contribution in [1.82, 2.24) is 10.2 Å². The maximum absolute atomic E-state index is 13.0. The molecule has 2 amide bonds. The number of hydrogen-bond acceptors (Lipinski definition) is 4. The lowest BCUT2D eigenvalue weighted by Gasteiger charge is -2.37. The van der Waals surface area contributed by atoms with E-state index in [2.05, 4.69) is 26.1 Å². The molecule has 2 atom stereocenters. The minimum Gasteiger partial charge on any atom is -0.487 e. The third-order valence-corrected chi connectivity index (χ3v) is 5.30. The second-order valence-corrected chi connectivity index (χ2v) is 7.78. The molecule has 1 aromatic carbocycles. The van der Waals surface area contributed by atoms with Crippen LogP contribution in [0.2, 0.25) is 0 Å². The Bertz CT molecular complexity index is 756. The minimum absolute atomic E-state index is 0.179. The number of benzene rings is 1. The van der Waals surface area contributed by atoms with Gasteiger partial charge in [-0.05, 0) is 44.2 Å². The Hall–Kier alpha value is -2.37. The molecule has 3 rings (SSSR count). The van der Waals surface area contributed by atoms with Gasteiger partial charge in [0.2, 0.25) is 5.91 Å². The molecule has 0 spiro atoms. The lowest BCUT2D eigenvalue weighted by atomic mass is 9.84. The van der Waals surface area contributed by atoms with Crippen LogP contribution in [0.5, 0.6) is 5.75 Å². The number of hydrogen-bond donors (Lipinski definition) is 1. The molecular weight excluding hydrogens is 332 g/mol. The van der Waals surface area contributed by atoms with E-state index in [1.54, 1.807) is 11.9 Å². The van der Waals surface area contributed by atoms with E-state index in [1.165, 1.54) is 0 Å². The molecule has 2 heterocycles. The molecule has 6 heteroatoms. The maximum Gasteiger partial charge on any atom is 0.255 e. The smallest absolute Gasteiger partial charge is 0.255 e. The number of rotatable bonds is 5. The normalized spacial score (nSPS) is 21.5. The molecule has 2 aliphatic heterocycles. The molecule has 0 aromatic heterocycles. The van der Waals surface area contributed by atoms with E-state index in [-0.39, 0.29) is 23.8 Å². The molecule has 0 fully saturated rings. The lowest BCUT2D eigenvalue weighted by molar-refractivity contribution is -0.125. The zero-order chi connectivity index (χ0) is 19.1. The molecule has 0 radical (unpaired) electrons. The summed E-state index contributed by atoms with van der Waals surface area (Å²) in [4.78, 5) is 37.6. The largest absolute Gasteiger partial charge is 0.487 e. The second-order valence-electron chi connectivity index (χ2n) is 7.78. The summed E-state index contributed by atoms with van der Waals surface area (Å²) in [5, 5.41) is 2.60. The summed E-state index contributed by atoms with van der Waals surface area (Å²) in [5.41, 5.74) is 2.26. The summed E-state index contributed by atoms with van der Waals surface area (Å²) in [6.07, 6.45) is 2.24. The third kappa shape index (κ3) is 3.08. The van der Waals surface area contributed by atoms with Crippen molar-refractivity contribution in [3.63, 3.8) is 0 Å². The number of ether oxygens (including phenoxy) is 1. The Labute approximate surface area is 153 Å². The van der Waals surface area contributed by atoms with Crippen LogP contribution in [-0.4, -0.2) is 41.7 Å². The monoisotopic (exact) mass is 358 g/mol. The van der Waals surface area contributed by atoms with Gasteiger partial charge in [0.1, 0.15) is 23.7 Å². The fourth-order valence-corrected chi connectivity index (χ4v) is 4.15. The van der Waals surface area contributed by atoms with Gasteiger partial charge >= 0.3 is 0 Å². The molecule has 0 aliphatic carbocycles. The molecular formula is C20H26N2O4. The van der Waals surface area contributed by atoms with Gasteiger partial charge < -0.3 is 19.7 Å². The maximum atomic E-state index is 13.0. The minimum atomic E-state index is -0.658. The highest BCUT2D eigenvalue weighted by Gasteiger charge is 2.41. The molecule has 2 unspecified atom stereocenters. The van der Waals surface area contributed by atoms with Crippen LogP contribution in [0.3, 0.4) is 0 Å². The molecule has 0 saturated heterocycles. The fourth-order valence-electron chi connectivity index (χ4n) is 4.15. The van der Waals surface area contributed by atoms with E-state index in [1.807, 2.05) is 12.1 Å². The van der Waals surface area contributed by atoms with E-state index < -0.39 is 6.04 Å². The SMILES string of the molecule is CNC(=O)C(CCC=O)N1Cc2c(ccc3c2OC(C)(C)CC3C)C1=O. The van der Waals surface area contributed by atoms with Gasteiger partial charge in [-0.1, -0.05) is 13.0 Å². The zero-order valence-corrected chi connectivity index (χ0v) is 15.8. The van der Waals surface area contributed by atoms with Gasteiger partial charge in [-0.25, -0.2) is 0 Å². The van der Waals surface area contributed by atoms with E-state index >= 15 is 0 Å². The number of carbonyl (C=O) groups is 3. The fraction of sp³-hybridized carbons (Fsp3) is 0.550. The van der Waals surface area contributed by atoms with Gasteiger partial charge in [0.15, 0.2) is 0 Å². The summed E-state index contributed by atoms with van der Waals surface area (Å²) in [6, 6.07) is 3.15. The lowest BCUT2D eigenvalue weighted by Crippen LogP contribution is -2.46. The van der Waals surface area contributed by atoms with Crippen molar-refractivity contribution in [2.24, 2.45) is 0 Å². The van der Waals surface area contributed by atoms with E-state index in [0.29, 0.717) is 24.4 Å². The van der Waals surface area contributed by atoms with Crippen LogP contribution in [0.1, 0.15) is 67.4 Å². The molecule has 0 bridgehead atoms. The average molecular weight is 358 g/mol. The summed E-state index contributed by atoms with van der Waals surface area (Å²) in [6.45, 7) is 6.61. The van der Waals surface area contributed by atoms with Gasteiger partial charge in [0.05, 0.1) is 6.54 Å². The van der Waals surface area contributed by atoms with Crippen LogP contribution >= 0.6 is 0 Å². The Morgan fingerprint density at radius 1 is 1.46 bits per heavy atom. The summed E-state index contributed by atoms with van der Waals surface area (Å²) in [7, 11) is 1.54. The van der Waals surface area contributed by atoms with Gasteiger partial charge in [0, 0.05) is 24.6 Å². The molecule has 140 valence electrons. The van der Waals surface area contributed by atoms with Crippen LogP contribution in [0.4, 0.5) is 0 Å². The van der Waals surface area contributed by atoms with Crippen molar-refractivity contribution in [2.75, 3.05) is 7.05 Å². The van der Waals surface area contributed by atoms with Crippen molar-refractivity contribution in [3.05, 3.63) is 28.8 Å². The number of amides is 2. The van der Waals surface area contributed by atoms with Gasteiger partial charge in [-0.15, -0.1) is 0 Å². The van der Waals surface area contributed by atoms with Crippen molar-refractivity contribution < 1.29 is 19.1 Å². The van der Waals surface area contributed by atoms with Crippen molar-refractivity contribution in [2.45, 2.75) is 64.1 Å². The van der Waals surface area contributed by atoms with Gasteiger partial charge in [-0.3, -0.25) is 9.59 Å². The predicted molar refractivity (Wildman–Crippen MR) is 97.2 cm³/mol. The Kier molecular flexibility index (Phi) is 4.78. The van der Waals surface area contributed by atoms with Crippen LogP contribution < -0.4 is 10.1 Å². The highest BCUT2D eigenvalue weighted by Crippen LogP contribution is 2.46. The van der Waals surface area contributed by atoms with Crippen LogP contribution in [0, 0.1) is 0 Å². The molecule has 26 heavy (non-hydrogen) atoms. The molecule has 0 saturated carbocycles. The first-order chi connectivity index (χ1) is 12.3. The number of fused-ring (bicyclic) bond motifs is 3. The quantitative estimate of drug-likeness (QED) is 0.820. The average Bonchev–Trinajstić information content (AvgIpc) is 2.91. The van der Waals surface area contributed by atoms with E-state index in [4.69, 9.17) is 4.74 Å². The summed E-state index contributed by atoms with van der Waals surface area (Å²) < 4.78 is 6.24. The Morgan fingerprint density at radius 2 is 2.19 bits per heavy atom. The Balaban J connectivity index is 1.98. The van der Waals surface area contributed by atoms with Crippen LogP contribution in [0.25, 0.3) is 0 Å². The number of nitrogens with zero attached hydrogens (tertiary/aromatic N) is 1. The predicted octanol–water partition coefficient (Wildman–Crippen LogP) is 2.40. The molecule has 1 aromatic rings. The van der Waals surface area contributed by atoms with Crippen molar-refractivity contribution in [3.8, 4) is 5.75 Å². The topological polar surface area (TPSA) is 75.7 Å². The highest BCUT2D eigenvalue weighted by atomic mass is 16.5. The van der Waals surface area contributed by atoms with E-state index in [9.17, 15) is 14.4 Å². The van der Waals surface area contributed by atoms with E-state index in [0.717, 1.165) is 29.6 Å². The first-order valence-corrected chi connectivity index (χ1v) is 9.10. The van der Waals surface area contributed by atoms with Gasteiger partial charge in [0.25, 0.3) is 5.91 Å². The standard InChI is InChI=1S/C20H26N2O4/c1-12-10-20(2,3)26-17-13(12)7-8-14-15(17)11-22(19(14)25)16(6-5-9-23)18(24)21-4/h7-9,12,16H,5-6,10-11H2,1-4H3,(H,21,24). The second kappa shape index (κ2) is 6.74. The number of likely N-dealkylation sites (N-methyl/N-ethyl adjacent to an activating group) is 1. The first-order valence-electron chi connectivity index (χ1n) is 9.10. The van der Waals surface area contributed by atoms with Gasteiger partial charge in [-0.2, -0.15) is 0 Å². The number of aldehydes is 1. The molecule has 1 N–H and O–H groups in total. The van der Waals surface area contributed by atoms with Crippen molar-refractivity contribution >= 4 is 18.1 Å². The number of nitrogens with one attached hydrogen (secondary N) is 1.